The number of nitrogens with zero attached hydrogens (tertiary/aromatic N) is 2. The van der Waals surface area contributed by atoms with Gasteiger partial charge in [0, 0.05) is 6.04 Å². The second kappa shape index (κ2) is 6.82. The van der Waals surface area contributed by atoms with E-state index in [1.807, 2.05) is 0 Å². The minimum atomic E-state index is -0.513. The van der Waals surface area contributed by atoms with E-state index in [0.717, 1.165) is 25.7 Å². The molecule has 1 aliphatic rings. The molecule has 1 saturated carbocycles. The van der Waals surface area contributed by atoms with Crippen LogP contribution in [0, 0.1) is 5.82 Å². The van der Waals surface area contributed by atoms with Gasteiger partial charge in [-0.2, -0.15) is 5.10 Å². The van der Waals surface area contributed by atoms with Gasteiger partial charge in [0.2, 0.25) is 11.3 Å². The van der Waals surface area contributed by atoms with Gasteiger partial charge in [0.15, 0.2) is 5.69 Å². The number of hydrogen-bond donors (Lipinski definition) is 1. The topological polar surface area (TPSA) is 73.2 Å². The van der Waals surface area contributed by atoms with Crippen LogP contribution in [0.25, 0.3) is 5.69 Å². The third kappa shape index (κ3) is 3.29. The average Bonchev–Trinajstić information content (AvgIpc) is 3.08. The number of aromatic nitrogens is 2. The highest BCUT2D eigenvalue weighted by molar-refractivity contribution is 5.92. The molecule has 0 saturated heterocycles. The zero-order valence-electron chi connectivity index (χ0n) is 13.3. The molecule has 6 nitrogen and oxygen atoms in total. The van der Waals surface area contributed by atoms with Gasteiger partial charge in [0.1, 0.15) is 5.82 Å². The van der Waals surface area contributed by atoms with Gasteiger partial charge in [0.05, 0.1) is 18.9 Å². The van der Waals surface area contributed by atoms with Crippen molar-refractivity contribution in [2.24, 2.45) is 0 Å². The Labute approximate surface area is 138 Å². The monoisotopic (exact) mass is 331 g/mol. The summed E-state index contributed by atoms with van der Waals surface area (Å²) in [4.78, 5) is 24.5. The molecular weight excluding hydrogens is 313 g/mol. The summed E-state index contributed by atoms with van der Waals surface area (Å²) in [5, 5.41) is 6.98. The van der Waals surface area contributed by atoms with Crippen molar-refractivity contribution in [1.82, 2.24) is 15.1 Å². The van der Waals surface area contributed by atoms with Gasteiger partial charge < -0.3 is 10.1 Å². The maximum absolute atomic E-state index is 13.1. The fraction of sp³-hybridized carbons (Fsp3) is 0.353. The van der Waals surface area contributed by atoms with Crippen LogP contribution in [0.4, 0.5) is 4.39 Å². The lowest BCUT2D eigenvalue weighted by Gasteiger charge is -2.14. The summed E-state index contributed by atoms with van der Waals surface area (Å²) in [5.74, 6) is -0.715. The zero-order chi connectivity index (χ0) is 17.1. The molecule has 1 amide bonds. The smallest absolute Gasteiger partial charge is 0.276 e. The molecule has 3 rings (SSSR count). The Balaban J connectivity index is 1.97. The summed E-state index contributed by atoms with van der Waals surface area (Å²) < 4.78 is 19.6. The van der Waals surface area contributed by atoms with Crippen LogP contribution in [-0.4, -0.2) is 28.8 Å². The average molecular weight is 331 g/mol. The molecule has 1 aromatic carbocycles. The van der Waals surface area contributed by atoms with E-state index >= 15 is 0 Å². The van der Waals surface area contributed by atoms with Gasteiger partial charge in [-0.1, -0.05) is 12.8 Å². The normalized spacial score (nSPS) is 14.6. The maximum Gasteiger partial charge on any atom is 0.276 e. The summed E-state index contributed by atoms with van der Waals surface area (Å²) in [6.07, 6.45) is 3.96. The molecule has 0 radical (unpaired) electrons. The molecule has 7 heteroatoms. The Morgan fingerprint density at radius 1 is 1.29 bits per heavy atom. The molecule has 1 fully saturated rings. The lowest BCUT2D eigenvalue weighted by molar-refractivity contribution is 0.0929. The zero-order valence-corrected chi connectivity index (χ0v) is 13.3. The third-order valence-corrected chi connectivity index (χ3v) is 4.08. The van der Waals surface area contributed by atoms with Crippen LogP contribution in [0.3, 0.4) is 0 Å². The van der Waals surface area contributed by atoms with E-state index in [0.29, 0.717) is 5.69 Å². The molecule has 1 aromatic heterocycles. The molecule has 0 atom stereocenters. The van der Waals surface area contributed by atoms with Gasteiger partial charge in [0.25, 0.3) is 5.91 Å². The number of carbonyl (C=O) groups excluding carboxylic acids is 1. The first-order chi connectivity index (χ1) is 11.6. The van der Waals surface area contributed by atoms with Gasteiger partial charge in [-0.05, 0) is 37.1 Å². The lowest BCUT2D eigenvalue weighted by atomic mass is 10.2. The number of hydrogen-bond acceptors (Lipinski definition) is 4. The van der Waals surface area contributed by atoms with Crippen molar-refractivity contribution in [2.45, 2.75) is 31.7 Å². The minimum absolute atomic E-state index is 0.0834. The van der Waals surface area contributed by atoms with E-state index in [1.165, 1.54) is 42.1 Å². The summed E-state index contributed by atoms with van der Waals surface area (Å²) in [7, 11) is 1.40. The number of amides is 1. The third-order valence-electron chi connectivity index (χ3n) is 4.08. The first-order valence-electron chi connectivity index (χ1n) is 7.83. The number of ether oxygens (including phenoxy) is 1. The Hall–Kier alpha value is -2.70. The molecule has 1 N–H and O–H groups in total. The van der Waals surface area contributed by atoms with E-state index in [4.69, 9.17) is 4.74 Å². The van der Waals surface area contributed by atoms with Crippen LogP contribution in [0.2, 0.25) is 0 Å². The summed E-state index contributed by atoms with van der Waals surface area (Å²) in [6.45, 7) is 0. The fourth-order valence-corrected chi connectivity index (χ4v) is 2.83. The number of carbonyl (C=O) groups is 1. The van der Waals surface area contributed by atoms with Crippen molar-refractivity contribution in [3.8, 4) is 11.6 Å². The SMILES string of the molecule is COc1cc(=O)c(C(=O)NC2CCCC2)nn1-c1ccc(F)cc1. The molecule has 126 valence electrons. The highest BCUT2D eigenvalue weighted by Crippen LogP contribution is 2.18. The van der Waals surface area contributed by atoms with Gasteiger partial charge in [-0.15, -0.1) is 0 Å². The van der Waals surface area contributed by atoms with Crippen LogP contribution in [0.1, 0.15) is 36.2 Å². The number of halogens is 1. The van der Waals surface area contributed by atoms with Gasteiger partial charge in [-0.25, -0.2) is 9.07 Å². The number of rotatable bonds is 4. The van der Waals surface area contributed by atoms with Crippen molar-refractivity contribution in [3.63, 3.8) is 0 Å². The van der Waals surface area contributed by atoms with Crippen molar-refractivity contribution in [3.05, 3.63) is 52.1 Å². The molecule has 24 heavy (non-hydrogen) atoms. The summed E-state index contributed by atoms with van der Waals surface area (Å²) in [6, 6.07) is 6.82. The maximum atomic E-state index is 13.1. The van der Waals surface area contributed by atoms with Crippen LogP contribution >= 0.6 is 0 Å². The quantitative estimate of drug-likeness (QED) is 0.931. The van der Waals surface area contributed by atoms with Crippen LogP contribution in [0.15, 0.2) is 35.1 Å². The highest BCUT2D eigenvalue weighted by atomic mass is 19.1. The fourth-order valence-electron chi connectivity index (χ4n) is 2.83. The van der Waals surface area contributed by atoms with Crippen LogP contribution < -0.4 is 15.5 Å². The van der Waals surface area contributed by atoms with E-state index in [1.54, 1.807) is 0 Å². The second-order valence-electron chi connectivity index (χ2n) is 5.74. The van der Waals surface area contributed by atoms with E-state index in [2.05, 4.69) is 10.4 Å². The minimum Gasteiger partial charge on any atom is -0.481 e. The molecule has 0 bridgehead atoms. The molecule has 1 heterocycles. The molecule has 0 aliphatic heterocycles. The van der Waals surface area contributed by atoms with E-state index in [-0.39, 0.29) is 17.6 Å². The van der Waals surface area contributed by atoms with Gasteiger partial charge >= 0.3 is 0 Å². The Morgan fingerprint density at radius 3 is 2.58 bits per heavy atom. The lowest BCUT2D eigenvalue weighted by Crippen LogP contribution is -2.37. The molecule has 2 aromatic rings. The van der Waals surface area contributed by atoms with Crippen molar-refractivity contribution in [2.75, 3.05) is 7.11 Å². The number of benzene rings is 1. The molecule has 0 spiro atoms. The summed E-state index contributed by atoms with van der Waals surface area (Å²) >= 11 is 0. The first-order valence-corrected chi connectivity index (χ1v) is 7.83. The van der Waals surface area contributed by atoms with Crippen molar-refractivity contribution in [1.29, 1.82) is 0 Å². The standard InChI is InChI=1S/C17H18FN3O3/c1-24-15-10-14(22)16(17(23)19-12-4-2-3-5-12)20-21(15)13-8-6-11(18)7-9-13/h6-10,12H,2-5H2,1H3,(H,19,23). The second-order valence-corrected chi connectivity index (χ2v) is 5.74. The molecular formula is C17H18FN3O3. The van der Waals surface area contributed by atoms with Crippen LogP contribution in [0.5, 0.6) is 5.88 Å². The number of nitrogens with one attached hydrogen (secondary N) is 1. The number of methoxy groups -OCH3 is 1. The first kappa shape index (κ1) is 16.2. The van der Waals surface area contributed by atoms with Crippen molar-refractivity contribution >= 4 is 5.91 Å². The Morgan fingerprint density at radius 2 is 1.96 bits per heavy atom. The molecule has 0 unspecified atom stereocenters. The Bertz CT molecular complexity index is 796. The van der Waals surface area contributed by atoms with E-state index < -0.39 is 17.2 Å². The van der Waals surface area contributed by atoms with Crippen LogP contribution in [-0.2, 0) is 0 Å². The van der Waals surface area contributed by atoms with Gasteiger partial charge in [-0.3, -0.25) is 9.59 Å². The predicted octanol–water partition coefficient (Wildman–Crippen LogP) is 2.05. The van der Waals surface area contributed by atoms with Crippen molar-refractivity contribution < 1.29 is 13.9 Å². The highest BCUT2D eigenvalue weighted by Gasteiger charge is 2.22. The largest absolute Gasteiger partial charge is 0.481 e. The van der Waals surface area contributed by atoms with E-state index in [9.17, 15) is 14.0 Å². The Kier molecular flexibility index (Phi) is 4.59. The predicted molar refractivity (Wildman–Crippen MR) is 86.1 cm³/mol. The molecule has 1 aliphatic carbocycles. The summed E-state index contributed by atoms with van der Waals surface area (Å²) in [5.41, 5.74) is -0.226.